The van der Waals surface area contributed by atoms with Crippen LogP contribution in [0.15, 0.2) is 65.5 Å². The van der Waals surface area contributed by atoms with Gasteiger partial charge in [0.2, 0.25) is 5.88 Å². The van der Waals surface area contributed by atoms with Crippen molar-refractivity contribution in [3.63, 3.8) is 0 Å². The molecule has 5 aromatic rings. The van der Waals surface area contributed by atoms with E-state index < -0.39 is 4.92 Å². The van der Waals surface area contributed by atoms with Crippen LogP contribution in [0.2, 0.25) is 0 Å². The Balaban J connectivity index is 1.98. The maximum atomic E-state index is 13.4. The van der Waals surface area contributed by atoms with Gasteiger partial charge in [-0.3, -0.25) is 19.5 Å². The third-order valence-electron chi connectivity index (χ3n) is 4.78. The van der Waals surface area contributed by atoms with Crippen molar-refractivity contribution in [3.8, 4) is 11.6 Å². The topological polar surface area (TPSA) is 105 Å². The fraction of sp³-hybridized carbons (Fsp3) is 0.0500. The number of non-ortho nitro benzene ring substituents is 1. The zero-order valence-corrected chi connectivity index (χ0v) is 15.1. The Hall–Kier alpha value is -4.27. The van der Waals surface area contributed by atoms with Crippen molar-refractivity contribution < 1.29 is 9.66 Å². The number of ether oxygens (including phenoxy) is 1. The Labute approximate surface area is 162 Å². The number of nitro benzene ring substituents is 1. The smallest absolute Gasteiger partial charge is 0.269 e. The second kappa shape index (κ2) is 6.13. The van der Waals surface area contributed by atoms with E-state index in [0.29, 0.717) is 39.2 Å². The highest BCUT2D eigenvalue weighted by molar-refractivity contribution is 6.04. The van der Waals surface area contributed by atoms with Crippen LogP contribution in [0.4, 0.5) is 5.69 Å². The van der Waals surface area contributed by atoms with Gasteiger partial charge in [-0.15, -0.1) is 5.10 Å². The third-order valence-corrected chi connectivity index (χ3v) is 4.78. The first kappa shape index (κ1) is 16.9. The molecule has 0 aliphatic carbocycles. The van der Waals surface area contributed by atoms with E-state index in [1.807, 2.05) is 12.1 Å². The monoisotopic (exact) mass is 387 g/mol. The van der Waals surface area contributed by atoms with Gasteiger partial charge in [-0.1, -0.05) is 18.2 Å². The van der Waals surface area contributed by atoms with Crippen LogP contribution in [0.3, 0.4) is 0 Å². The normalized spacial score (nSPS) is 11.3. The van der Waals surface area contributed by atoms with E-state index in [1.54, 1.807) is 28.8 Å². The number of nitro groups is 1. The van der Waals surface area contributed by atoms with Gasteiger partial charge in [0, 0.05) is 29.0 Å². The Morgan fingerprint density at radius 3 is 2.41 bits per heavy atom. The fourth-order valence-electron chi connectivity index (χ4n) is 3.45. The summed E-state index contributed by atoms with van der Waals surface area (Å²) in [6, 6.07) is 16.4. The lowest BCUT2D eigenvalue weighted by Gasteiger charge is -2.10. The van der Waals surface area contributed by atoms with Crippen LogP contribution in [0.1, 0.15) is 0 Å². The highest BCUT2D eigenvalue weighted by Crippen LogP contribution is 2.26. The second-order valence-electron chi connectivity index (χ2n) is 6.39. The van der Waals surface area contributed by atoms with Gasteiger partial charge >= 0.3 is 0 Å². The Bertz CT molecular complexity index is 1480. The third kappa shape index (κ3) is 2.44. The molecule has 9 nitrogen and oxygen atoms in total. The molecule has 0 saturated heterocycles. The molecule has 0 fully saturated rings. The van der Waals surface area contributed by atoms with Gasteiger partial charge in [-0.05, 0) is 24.3 Å². The van der Waals surface area contributed by atoms with Gasteiger partial charge in [0.25, 0.3) is 11.2 Å². The Morgan fingerprint density at radius 1 is 1.00 bits per heavy atom. The highest BCUT2D eigenvalue weighted by Gasteiger charge is 2.19. The number of hydrogen-bond acceptors (Lipinski definition) is 6. The van der Waals surface area contributed by atoms with Crippen molar-refractivity contribution in [1.82, 2.24) is 19.2 Å². The lowest BCUT2D eigenvalue weighted by Crippen LogP contribution is -2.20. The Kier molecular flexibility index (Phi) is 3.56. The molecule has 0 bridgehead atoms. The van der Waals surface area contributed by atoms with E-state index in [-0.39, 0.29) is 11.2 Å². The number of hydrogen-bond donors (Lipinski definition) is 0. The van der Waals surface area contributed by atoms with Gasteiger partial charge in [-0.25, -0.2) is 4.98 Å². The van der Waals surface area contributed by atoms with Crippen molar-refractivity contribution in [2.75, 3.05) is 7.11 Å². The van der Waals surface area contributed by atoms with E-state index in [2.05, 4.69) is 10.1 Å². The van der Waals surface area contributed by atoms with Crippen LogP contribution in [0.5, 0.6) is 5.88 Å². The zero-order chi connectivity index (χ0) is 20.1. The van der Waals surface area contributed by atoms with Gasteiger partial charge in [0.05, 0.1) is 17.7 Å². The molecule has 3 aromatic heterocycles. The van der Waals surface area contributed by atoms with Gasteiger partial charge in [-0.2, -0.15) is 4.52 Å². The maximum absolute atomic E-state index is 13.4. The van der Waals surface area contributed by atoms with Crippen LogP contribution in [-0.2, 0) is 0 Å². The van der Waals surface area contributed by atoms with Gasteiger partial charge in [0.1, 0.15) is 5.52 Å². The van der Waals surface area contributed by atoms with Crippen molar-refractivity contribution in [2.45, 2.75) is 0 Å². The zero-order valence-electron chi connectivity index (χ0n) is 15.1. The summed E-state index contributed by atoms with van der Waals surface area (Å²) >= 11 is 0. The van der Waals surface area contributed by atoms with E-state index in [1.165, 1.54) is 35.9 Å². The number of imidazole rings is 1. The van der Waals surface area contributed by atoms with Crippen LogP contribution >= 0.6 is 0 Å². The van der Waals surface area contributed by atoms with Crippen LogP contribution in [0, 0.1) is 10.1 Å². The largest absolute Gasteiger partial charge is 0.480 e. The number of rotatable bonds is 3. The van der Waals surface area contributed by atoms with E-state index in [0.717, 1.165) is 0 Å². The molecule has 29 heavy (non-hydrogen) atoms. The lowest BCUT2D eigenvalue weighted by atomic mass is 10.1. The van der Waals surface area contributed by atoms with Crippen molar-refractivity contribution >= 4 is 33.3 Å². The van der Waals surface area contributed by atoms with Crippen molar-refractivity contribution in [1.29, 1.82) is 0 Å². The van der Waals surface area contributed by atoms with E-state index in [9.17, 15) is 14.9 Å². The number of methoxy groups -OCH3 is 1. The summed E-state index contributed by atoms with van der Waals surface area (Å²) < 4.78 is 8.24. The maximum Gasteiger partial charge on any atom is 0.269 e. The molecular weight excluding hydrogens is 374 g/mol. The molecule has 0 spiro atoms. The highest BCUT2D eigenvalue weighted by atomic mass is 16.6. The fourth-order valence-corrected chi connectivity index (χ4v) is 3.45. The molecule has 0 N–H and O–H groups in total. The van der Waals surface area contributed by atoms with E-state index >= 15 is 0 Å². The molecule has 0 saturated carbocycles. The van der Waals surface area contributed by atoms with Crippen LogP contribution < -0.4 is 10.3 Å². The van der Waals surface area contributed by atoms with Crippen LogP contribution in [-0.4, -0.2) is 31.2 Å². The minimum Gasteiger partial charge on any atom is -0.480 e. The van der Waals surface area contributed by atoms with Gasteiger partial charge in [0.15, 0.2) is 11.3 Å². The quantitative estimate of drug-likeness (QED) is 0.348. The summed E-state index contributed by atoms with van der Waals surface area (Å²) in [6.45, 7) is 0. The molecule has 3 heterocycles. The molecule has 0 unspecified atom stereocenters. The average Bonchev–Trinajstić information content (AvgIpc) is 3.13. The van der Waals surface area contributed by atoms with Crippen molar-refractivity contribution in [2.24, 2.45) is 0 Å². The van der Waals surface area contributed by atoms with Gasteiger partial charge < -0.3 is 4.74 Å². The number of benzene rings is 2. The molecule has 0 aliphatic rings. The SMILES string of the molecule is COc1ccc2nc3c4ccccc4c(=O)n(-c4ccc([N+](=O)[O-])cc4)c3n2n1. The molecule has 0 aliphatic heterocycles. The summed E-state index contributed by atoms with van der Waals surface area (Å²) in [6.07, 6.45) is 0. The predicted molar refractivity (Wildman–Crippen MR) is 107 cm³/mol. The molecular formula is C20H13N5O4. The Morgan fingerprint density at radius 2 is 1.72 bits per heavy atom. The van der Waals surface area contributed by atoms with Crippen LogP contribution in [0.25, 0.3) is 33.3 Å². The number of nitrogens with zero attached hydrogens (tertiary/aromatic N) is 5. The minimum atomic E-state index is -0.483. The first-order valence-electron chi connectivity index (χ1n) is 8.70. The molecule has 0 atom stereocenters. The number of pyridine rings is 1. The first-order valence-corrected chi connectivity index (χ1v) is 8.70. The first-order chi connectivity index (χ1) is 14.1. The lowest BCUT2D eigenvalue weighted by molar-refractivity contribution is -0.384. The molecule has 9 heteroatoms. The standard InChI is InChI=1S/C20H13N5O4/c1-29-17-11-10-16-21-18-14-4-2-3-5-15(14)20(26)23(19(18)24(16)22-17)12-6-8-13(9-7-12)25(27)28/h2-11H,1H3. The average molecular weight is 387 g/mol. The summed E-state index contributed by atoms with van der Waals surface area (Å²) in [5, 5.41) is 16.6. The molecule has 142 valence electrons. The van der Waals surface area contributed by atoms with E-state index in [4.69, 9.17) is 4.74 Å². The predicted octanol–water partition coefficient (Wildman–Crippen LogP) is 3.10. The molecule has 5 rings (SSSR count). The summed E-state index contributed by atoms with van der Waals surface area (Å²) in [7, 11) is 1.51. The second-order valence-corrected chi connectivity index (χ2v) is 6.39. The molecule has 0 radical (unpaired) electrons. The molecule has 0 amide bonds. The summed E-state index contributed by atoms with van der Waals surface area (Å²) in [5.74, 6) is 0.368. The summed E-state index contributed by atoms with van der Waals surface area (Å²) in [5.41, 5.74) is 1.75. The number of aromatic nitrogens is 4. The number of fused-ring (bicyclic) bond motifs is 5. The molecule has 2 aromatic carbocycles. The summed E-state index contributed by atoms with van der Waals surface area (Å²) in [4.78, 5) is 28.6. The van der Waals surface area contributed by atoms with Crippen molar-refractivity contribution in [3.05, 3.63) is 81.1 Å². The minimum absolute atomic E-state index is 0.0585.